The molecule has 32 heavy (non-hydrogen) atoms. The number of carbonyl (C=O) groups excluding carboxylic acids is 2. The number of allylic oxidation sites excluding steroid dienone is 3. The number of hydrogen-bond donors (Lipinski definition) is 1. The quantitative estimate of drug-likeness (QED) is 0.612. The molecular formula is C21H18BrF4N3O3. The van der Waals surface area contributed by atoms with Crippen molar-refractivity contribution in [2.24, 2.45) is 0 Å². The van der Waals surface area contributed by atoms with Crippen molar-refractivity contribution in [3.05, 3.63) is 63.7 Å². The fraction of sp³-hybridized carbons (Fsp3) is 0.333. The number of fused-ring (bicyclic) bond motifs is 1. The molecule has 1 saturated heterocycles. The van der Waals surface area contributed by atoms with E-state index < -0.39 is 40.2 Å². The Hall–Kier alpha value is -2.66. The Morgan fingerprint density at radius 1 is 1.22 bits per heavy atom. The lowest BCUT2D eigenvalue weighted by Gasteiger charge is -2.39. The van der Waals surface area contributed by atoms with E-state index in [-0.39, 0.29) is 16.7 Å². The first-order chi connectivity index (χ1) is 15.2. The molecule has 3 heterocycles. The van der Waals surface area contributed by atoms with Gasteiger partial charge in [0.05, 0.1) is 12.2 Å². The van der Waals surface area contributed by atoms with Crippen LogP contribution < -0.4 is 5.32 Å². The smallest absolute Gasteiger partial charge is 0.380 e. The topological polar surface area (TPSA) is 61.9 Å². The number of amides is 2. The van der Waals surface area contributed by atoms with Crippen LogP contribution in [0.3, 0.4) is 0 Å². The third kappa shape index (κ3) is 4.18. The van der Waals surface area contributed by atoms with Crippen LogP contribution in [0.25, 0.3) is 5.57 Å². The summed E-state index contributed by atoms with van der Waals surface area (Å²) in [6.07, 6.45) is -1.00. The van der Waals surface area contributed by atoms with Gasteiger partial charge in [-0.15, -0.1) is 0 Å². The zero-order chi connectivity index (χ0) is 23.0. The highest BCUT2D eigenvalue weighted by Crippen LogP contribution is 2.37. The lowest BCUT2D eigenvalue weighted by Crippen LogP contribution is -2.53. The number of nitrogens with one attached hydrogen (secondary N) is 1. The highest BCUT2D eigenvalue weighted by molar-refractivity contribution is 9.12. The average Bonchev–Trinajstić information content (AvgIpc) is 3.04. The van der Waals surface area contributed by atoms with Crippen LogP contribution in [-0.2, 0) is 9.53 Å². The van der Waals surface area contributed by atoms with Gasteiger partial charge in [0.25, 0.3) is 11.8 Å². The predicted molar refractivity (Wildman–Crippen MR) is 111 cm³/mol. The van der Waals surface area contributed by atoms with Crippen molar-refractivity contribution in [3.8, 4) is 0 Å². The number of nitrogens with zero attached hydrogens (tertiary/aromatic N) is 2. The summed E-state index contributed by atoms with van der Waals surface area (Å²) in [5, 5.41) is 2.32. The number of halogens is 5. The molecule has 4 rings (SSSR count). The summed E-state index contributed by atoms with van der Waals surface area (Å²) in [7, 11) is 0. The Labute approximate surface area is 189 Å². The molecule has 11 heteroatoms. The summed E-state index contributed by atoms with van der Waals surface area (Å²) >= 11 is 2.72. The minimum Gasteiger partial charge on any atom is -0.380 e. The molecule has 0 spiro atoms. The normalized spacial score (nSPS) is 21.7. The van der Waals surface area contributed by atoms with Crippen LogP contribution in [-0.4, -0.2) is 60.3 Å². The van der Waals surface area contributed by atoms with Crippen molar-refractivity contribution in [3.63, 3.8) is 0 Å². The minimum absolute atomic E-state index is 0.134. The van der Waals surface area contributed by atoms with Crippen molar-refractivity contribution in [1.82, 2.24) is 15.1 Å². The van der Waals surface area contributed by atoms with Crippen molar-refractivity contribution >= 4 is 33.3 Å². The van der Waals surface area contributed by atoms with Gasteiger partial charge in [0.1, 0.15) is 22.2 Å². The zero-order valence-corrected chi connectivity index (χ0v) is 18.2. The highest BCUT2D eigenvalue weighted by Gasteiger charge is 2.45. The van der Waals surface area contributed by atoms with Gasteiger partial charge in [-0.1, -0.05) is 12.1 Å². The third-order valence-electron chi connectivity index (χ3n) is 5.34. The lowest BCUT2D eigenvalue weighted by molar-refractivity contribution is -0.130. The summed E-state index contributed by atoms with van der Waals surface area (Å²) in [5.74, 6) is -2.15. The molecule has 6 nitrogen and oxygen atoms in total. The van der Waals surface area contributed by atoms with E-state index in [2.05, 4.69) is 21.2 Å². The van der Waals surface area contributed by atoms with E-state index in [4.69, 9.17) is 4.74 Å². The van der Waals surface area contributed by atoms with Crippen LogP contribution in [0.2, 0.25) is 0 Å². The van der Waals surface area contributed by atoms with Crippen LogP contribution in [0.1, 0.15) is 22.3 Å². The Kier molecular flexibility index (Phi) is 6.13. The molecule has 0 saturated carbocycles. The van der Waals surface area contributed by atoms with Gasteiger partial charge in [-0.2, -0.15) is 13.2 Å². The first-order valence-corrected chi connectivity index (χ1v) is 10.6. The molecule has 1 N–H and O–H groups in total. The fourth-order valence-electron chi connectivity index (χ4n) is 3.77. The summed E-state index contributed by atoms with van der Waals surface area (Å²) in [6, 6.07) is 3.86. The second kappa shape index (κ2) is 8.70. The van der Waals surface area contributed by atoms with Gasteiger partial charge in [0.2, 0.25) is 0 Å². The van der Waals surface area contributed by atoms with Gasteiger partial charge in [-0.25, -0.2) is 4.39 Å². The van der Waals surface area contributed by atoms with E-state index in [1.54, 1.807) is 0 Å². The maximum absolute atomic E-state index is 14.9. The summed E-state index contributed by atoms with van der Waals surface area (Å²) < 4.78 is 59.8. The Balaban J connectivity index is 1.63. The molecule has 0 aliphatic carbocycles. The van der Waals surface area contributed by atoms with E-state index in [9.17, 15) is 27.2 Å². The van der Waals surface area contributed by atoms with E-state index >= 15 is 0 Å². The zero-order valence-electron chi connectivity index (χ0n) is 16.6. The van der Waals surface area contributed by atoms with Crippen molar-refractivity contribution < 1.29 is 31.9 Å². The molecule has 0 aromatic heterocycles. The standard InChI is InChI=1S/C21H18BrF4N3O3/c22-16-17(21(24,25)26)27-18-13(3-1-7-29(18)20(16)31)12-4-5-14(15(23)11-12)19(30)28-6-2-9-32-10-8-28/h1,3-5,7,11,18,27H,2,6,8-10H2. The van der Waals surface area contributed by atoms with Crippen LogP contribution in [0.15, 0.2) is 46.7 Å². The maximum Gasteiger partial charge on any atom is 0.432 e. The first-order valence-electron chi connectivity index (χ1n) is 9.80. The SMILES string of the molecule is O=C(c1ccc(C2=CC=CN3C(=O)C(Br)=C(C(F)(F)F)NC23)cc1F)N1CCCOCC1. The highest BCUT2D eigenvalue weighted by atomic mass is 79.9. The van der Waals surface area contributed by atoms with Crippen molar-refractivity contribution in [2.75, 3.05) is 26.3 Å². The second-order valence-corrected chi connectivity index (χ2v) is 8.16. The molecule has 1 unspecified atom stereocenters. The second-order valence-electron chi connectivity index (χ2n) is 7.36. The molecule has 3 aliphatic heterocycles. The molecule has 1 atom stereocenters. The van der Waals surface area contributed by atoms with Gasteiger partial charge in [0.15, 0.2) is 0 Å². The van der Waals surface area contributed by atoms with E-state index in [1.807, 2.05) is 0 Å². The van der Waals surface area contributed by atoms with Crippen molar-refractivity contribution in [2.45, 2.75) is 18.8 Å². The Bertz CT molecular complexity index is 1040. The molecule has 0 bridgehead atoms. The van der Waals surface area contributed by atoms with E-state index in [0.29, 0.717) is 32.7 Å². The molecule has 170 valence electrons. The van der Waals surface area contributed by atoms with Gasteiger partial charge >= 0.3 is 6.18 Å². The monoisotopic (exact) mass is 515 g/mol. The molecule has 1 aromatic carbocycles. The molecule has 3 aliphatic rings. The molecule has 1 aromatic rings. The van der Waals surface area contributed by atoms with Crippen LogP contribution >= 0.6 is 15.9 Å². The molecule has 1 fully saturated rings. The van der Waals surface area contributed by atoms with Gasteiger partial charge in [0, 0.05) is 31.5 Å². The van der Waals surface area contributed by atoms with Gasteiger partial charge in [-0.3, -0.25) is 14.5 Å². The number of ether oxygens (including phenoxy) is 1. The Morgan fingerprint density at radius 3 is 2.72 bits per heavy atom. The number of benzene rings is 1. The van der Waals surface area contributed by atoms with Crippen LogP contribution in [0.4, 0.5) is 17.6 Å². The predicted octanol–water partition coefficient (Wildman–Crippen LogP) is 3.53. The largest absolute Gasteiger partial charge is 0.432 e. The third-order valence-corrected chi connectivity index (χ3v) is 6.08. The van der Waals surface area contributed by atoms with E-state index in [1.165, 1.54) is 35.4 Å². The summed E-state index contributed by atoms with van der Waals surface area (Å²) in [5.41, 5.74) is -0.840. The van der Waals surface area contributed by atoms with Crippen LogP contribution in [0, 0.1) is 5.82 Å². The summed E-state index contributed by atoms with van der Waals surface area (Å²) in [6.45, 7) is 1.69. The van der Waals surface area contributed by atoms with Gasteiger partial charge in [-0.05, 0) is 46.1 Å². The first kappa shape index (κ1) is 22.5. The summed E-state index contributed by atoms with van der Waals surface area (Å²) in [4.78, 5) is 27.8. The lowest BCUT2D eigenvalue weighted by atomic mass is 9.96. The van der Waals surface area contributed by atoms with Crippen LogP contribution in [0.5, 0.6) is 0 Å². The average molecular weight is 516 g/mol. The number of alkyl halides is 3. The van der Waals surface area contributed by atoms with Gasteiger partial charge < -0.3 is 15.0 Å². The van der Waals surface area contributed by atoms with E-state index in [0.717, 1.165) is 11.0 Å². The number of rotatable bonds is 2. The maximum atomic E-state index is 14.9. The molecule has 2 amide bonds. The molecular weight excluding hydrogens is 498 g/mol. The van der Waals surface area contributed by atoms with Crippen molar-refractivity contribution in [1.29, 1.82) is 0 Å². The fourth-order valence-corrected chi connectivity index (χ4v) is 4.31. The number of carbonyl (C=O) groups is 2. The molecule has 0 radical (unpaired) electrons. The Morgan fingerprint density at radius 2 is 2.00 bits per heavy atom. The number of hydrogen-bond acceptors (Lipinski definition) is 4. The minimum atomic E-state index is -4.79.